The highest BCUT2D eigenvalue weighted by atomic mass is 16.5. The van der Waals surface area contributed by atoms with Gasteiger partial charge in [0.2, 0.25) is 0 Å². The highest BCUT2D eigenvalue weighted by molar-refractivity contribution is 6.00. The number of esters is 1. The summed E-state index contributed by atoms with van der Waals surface area (Å²) < 4.78 is 6.82. The van der Waals surface area contributed by atoms with Crippen LogP contribution in [-0.2, 0) is 4.74 Å². The minimum absolute atomic E-state index is 0.113. The van der Waals surface area contributed by atoms with Crippen LogP contribution in [0.15, 0.2) is 36.9 Å². The molecule has 1 aromatic heterocycles. The van der Waals surface area contributed by atoms with Gasteiger partial charge in [-0.3, -0.25) is 0 Å². The lowest BCUT2D eigenvalue weighted by Crippen LogP contribution is -2.43. The zero-order valence-corrected chi connectivity index (χ0v) is 14.1. The van der Waals surface area contributed by atoms with Gasteiger partial charge in [-0.15, -0.1) is 0 Å². The number of nitrogens with zero attached hydrogens (tertiary/aromatic N) is 4. The van der Waals surface area contributed by atoms with Crippen molar-refractivity contribution in [1.82, 2.24) is 19.7 Å². The van der Waals surface area contributed by atoms with Gasteiger partial charge in [0, 0.05) is 13.1 Å². The quantitative estimate of drug-likeness (QED) is 0.861. The normalized spacial score (nSPS) is 17.2. The number of ether oxygens (including phenoxy) is 1. The number of benzene rings is 1. The van der Waals surface area contributed by atoms with Gasteiger partial charge in [0.1, 0.15) is 12.7 Å². The maximum absolute atomic E-state index is 12.6. The topological polar surface area (TPSA) is 89.4 Å². The lowest BCUT2D eigenvalue weighted by atomic mass is 10.1. The number of likely N-dealkylation sites (tertiary alicyclic amines) is 1. The van der Waals surface area contributed by atoms with Crippen molar-refractivity contribution in [2.24, 2.45) is 0 Å². The summed E-state index contributed by atoms with van der Waals surface area (Å²) >= 11 is 0. The predicted octanol–water partition coefficient (Wildman–Crippen LogP) is 2.32. The lowest BCUT2D eigenvalue weighted by molar-refractivity contribution is 0.0527. The Morgan fingerprint density at radius 3 is 2.96 bits per heavy atom. The second-order valence-corrected chi connectivity index (χ2v) is 5.81. The van der Waals surface area contributed by atoms with Crippen molar-refractivity contribution < 1.29 is 14.3 Å². The number of anilines is 1. The molecule has 3 rings (SSSR count). The molecule has 1 unspecified atom stereocenters. The molecule has 0 aliphatic carbocycles. The fraction of sp³-hybridized carbons (Fsp3) is 0.412. The number of piperidine rings is 1. The number of carbonyl (C=O) groups excluding carboxylic acids is 2. The van der Waals surface area contributed by atoms with Crippen LogP contribution < -0.4 is 5.32 Å². The predicted molar refractivity (Wildman–Crippen MR) is 91.3 cm³/mol. The molecule has 1 fully saturated rings. The van der Waals surface area contributed by atoms with Gasteiger partial charge < -0.3 is 15.0 Å². The Morgan fingerprint density at radius 1 is 1.36 bits per heavy atom. The van der Waals surface area contributed by atoms with E-state index in [4.69, 9.17) is 4.74 Å². The molecule has 0 saturated carbocycles. The summed E-state index contributed by atoms with van der Waals surface area (Å²) in [4.78, 5) is 30.4. The first kappa shape index (κ1) is 16.9. The molecule has 8 heteroatoms. The Balaban J connectivity index is 1.69. The molecule has 1 atom stereocenters. The van der Waals surface area contributed by atoms with Gasteiger partial charge in [-0.05, 0) is 31.9 Å². The summed E-state index contributed by atoms with van der Waals surface area (Å²) in [6.07, 6.45) is 5.00. The third-order valence-corrected chi connectivity index (χ3v) is 4.16. The molecule has 1 aromatic carbocycles. The first-order chi connectivity index (χ1) is 12.2. The van der Waals surface area contributed by atoms with Gasteiger partial charge in [0.25, 0.3) is 0 Å². The van der Waals surface area contributed by atoms with Crippen LogP contribution in [0.4, 0.5) is 10.5 Å². The van der Waals surface area contributed by atoms with E-state index in [0.717, 1.165) is 12.8 Å². The molecule has 1 saturated heterocycles. The van der Waals surface area contributed by atoms with Gasteiger partial charge in [0.15, 0.2) is 0 Å². The van der Waals surface area contributed by atoms with Crippen LogP contribution in [0.2, 0.25) is 0 Å². The summed E-state index contributed by atoms with van der Waals surface area (Å²) in [6, 6.07) is 6.73. The van der Waals surface area contributed by atoms with Crippen LogP contribution >= 0.6 is 0 Å². The largest absolute Gasteiger partial charge is 0.462 e. The van der Waals surface area contributed by atoms with E-state index < -0.39 is 5.97 Å². The van der Waals surface area contributed by atoms with E-state index in [1.54, 1.807) is 47.1 Å². The van der Waals surface area contributed by atoms with E-state index in [1.807, 2.05) is 0 Å². The van der Waals surface area contributed by atoms with Crippen LogP contribution in [-0.4, -0.2) is 51.4 Å². The molecule has 2 heterocycles. The standard InChI is InChI=1S/C17H21N5O3/c1-2-25-16(23)14-7-3-4-8-15(14)20-17(24)21-9-5-6-13(10-21)22-12-18-11-19-22/h3-4,7-8,11-13H,2,5-6,9-10H2,1H3,(H,20,24). The van der Waals surface area contributed by atoms with E-state index >= 15 is 0 Å². The summed E-state index contributed by atoms with van der Waals surface area (Å²) in [6.45, 7) is 3.25. The Hall–Kier alpha value is -2.90. The van der Waals surface area contributed by atoms with Crippen molar-refractivity contribution in [3.05, 3.63) is 42.5 Å². The number of rotatable bonds is 4. The van der Waals surface area contributed by atoms with Gasteiger partial charge in [-0.1, -0.05) is 12.1 Å². The van der Waals surface area contributed by atoms with E-state index in [-0.39, 0.29) is 18.7 Å². The van der Waals surface area contributed by atoms with Crippen molar-refractivity contribution in [2.75, 3.05) is 25.0 Å². The van der Waals surface area contributed by atoms with Crippen molar-refractivity contribution >= 4 is 17.7 Å². The molecule has 132 valence electrons. The lowest BCUT2D eigenvalue weighted by Gasteiger charge is -2.32. The number of hydrogen-bond donors (Lipinski definition) is 1. The number of urea groups is 1. The van der Waals surface area contributed by atoms with Gasteiger partial charge in [0.05, 0.1) is 23.9 Å². The Labute approximate surface area is 145 Å². The van der Waals surface area contributed by atoms with Crippen LogP contribution in [0.25, 0.3) is 0 Å². The molecule has 1 aliphatic rings. The first-order valence-electron chi connectivity index (χ1n) is 8.35. The minimum Gasteiger partial charge on any atom is -0.462 e. The smallest absolute Gasteiger partial charge is 0.340 e. The Bertz CT molecular complexity index is 732. The van der Waals surface area contributed by atoms with E-state index in [0.29, 0.717) is 24.3 Å². The highest BCUT2D eigenvalue weighted by Crippen LogP contribution is 2.22. The second-order valence-electron chi connectivity index (χ2n) is 5.81. The fourth-order valence-electron chi connectivity index (χ4n) is 2.93. The number of aromatic nitrogens is 3. The molecule has 1 N–H and O–H groups in total. The maximum Gasteiger partial charge on any atom is 0.340 e. The average molecular weight is 343 g/mol. The zero-order valence-electron chi connectivity index (χ0n) is 14.1. The molecule has 25 heavy (non-hydrogen) atoms. The monoisotopic (exact) mass is 343 g/mol. The summed E-state index contributed by atoms with van der Waals surface area (Å²) in [7, 11) is 0. The third-order valence-electron chi connectivity index (χ3n) is 4.16. The molecular formula is C17H21N5O3. The maximum atomic E-state index is 12.6. The molecule has 0 spiro atoms. The molecule has 1 aliphatic heterocycles. The molecule has 0 radical (unpaired) electrons. The Kier molecular flexibility index (Phi) is 5.27. The molecular weight excluding hydrogens is 322 g/mol. The number of nitrogens with one attached hydrogen (secondary N) is 1. The first-order valence-corrected chi connectivity index (χ1v) is 8.35. The summed E-state index contributed by atoms with van der Waals surface area (Å²) in [5.41, 5.74) is 0.802. The van der Waals surface area contributed by atoms with Crippen molar-refractivity contribution in [1.29, 1.82) is 0 Å². The van der Waals surface area contributed by atoms with Gasteiger partial charge in [-0.2, -0.15) is 5.10 Å². The minimum atomic E-state index is -0.447. The van der Waals surface area contributed by atoms with Crippen LogP contribution in [0, 0.1) is 0 Å². The van der Waals surface area contributed by atoms with E-state index in [9.17, 15) is 9.59 Å². The SMILES string of the molecule is CCOC(=O)c1ccccc1NC(=O)N1CCCC(n2cncn2)C1. The van der Waals surface area contributed by atoms with Crippen molar-refractivity contribution in [3.8, 4) is 0 Å². The number of amides is 2. The number of para-hydroxylation sites is 1. The summed E-state index contributed by atoms with van der Waals surface area (Å²) in [5, 5.41) is 6.99. The average Bonchev–Trinajstić information content (AvgIpc) is 3.17. The van der Waals surface area contributed by atoms with Crippen molar-refractivity contribution in [3.63, 3.8) is 0 Å². The molecule has 0 bridgehead atoms. The Morgan fingerprint density at radius 2 is 2.20 bits per heavy atom. The number of hydrogen-bond acceptors (Lipinski definition) is 5. The molecule has 2 aromatic rings. The highest BCUT2D eigenvalue weighted by Gasteiger charge is 2.26. The van der Waals surface area contributed by atoms with Crippen LogP contribution in [0.1, 0.15) is 36.2 Å². The van der Waals surface area contributed by atoms with Crippen LogP contribution in [0.3, 0.4) is 0 Å². The van der Waals surface area contributed by atoms with Gasteiger partial charge >= 0.3 is 12.0 Å². The van der Waals surface area contributed by atoms with Crippen LogP contribution in [0.5, 0.6) is 0 Å². The summed E-state index contributed by atoms with van der Waals surface area (Å²) in [5.74, 6) is -0.447. The van der Waals surface area contributed by atoms with Crippen molar-refractivity contribution in [2.45, 2.75) is 25.8 Å². The fourth-order valence-corrected chi connectivity index (χ4v) is 2.93. The second kappa shape index (κ2) is 7.78. The van der Waals surface area contributed by atoms with E-state index in [1.165, 1.54) is 6.33 Å². The molecule has 8 nitrogen and oxygen atoms in total. The van der Waals surface area contributed by atoms with E-state index in [2.05, 4.69) is 15.4 Å². The molecule has 2 amide bonds. The zero-order chi connectivity index (χ0) is 17.6. The van der Waals surface area contributed by atoms with Gasteiger partial charge in [-0.25, -0.2) is 19.3 Å². The third kappa shape index (κ3) is 3.96. The number of carbonyl (C=O) groups is 2.